The Morgan fingerprint density at radius 2 is 2.24 bits per heavy atom. The maximum absolute atomic E-state index is 5.80. The van der Waals surface area contributed by atoms with E-state index in [1.807, 2.05) is 6.07 Å². The molecular formula is C14H16N2O. The van der Waals surface area contributed by atoms with Crippen molar-refractivity contribution in [3.63, 3.8) is 0 Å². The summed E-state index contributed by atoms with van der Waals surface area (Å²) in [7, 11) is 2.13. The summed E-state index contributed by atoms with van der Waals surface area (Å²) in [5, 5.41) is 0. The van der Waals surface area contributed by atoms with Gasteiger partial charge in [-0.3, -0.25) is 0 Å². The van der Waals surface area contributed by atoms with Crippen LogP contribution in [0.5, 0.6) is 0 Å². The van der Waals surface area contributed by atoms with Gasteiger partial charge in [-0.25, -0.2) is 4.98 Å². The molecule has 0 spiro atoms. The van der Waals surface area contributed by atoms with Crippen molar-refractivity contribution in [1.29, 1.82) is 0 Å². The third kappa shape index (κ3) is 1.98. The van der Waals surface area contributed by atoms with Crippen LogP contribution in [-0.2, 0) is 0 Å². The van der Waals surface area contributed by atoms with E-state index in [4.69, 9.17) is 4.42 Å². The summed E-state index contributed by atoms with van der Waals surface area (Å²) in [5.74, 6) is 0.790. The molecule has 0 amide bonds. The number of benzene rings is 1. The highest BCUT2D eigenvalue weighted by atomic mass is 16.3. The second kappa shape index (κ2) is 4.00. The Bertz CT molecular complexity index is 583. The molecule has 3 nitrogen and oxygen atoms in total. The Kier molecular flexibility index (Phi) is 2.48. The molecule has 0 atom stereocenters. The van der Waals surface area contributed by atoms with E-state index < -0.39 is 0 Å². The number of fused-ring (bicyclic) bond motifs is 1. The lowest BCUT2D eigenvalue weighted by molar-refractivity contribution is 0.367. The van der Waals surface area contributed by atoms with Gasteiger partial charge in [0.15, 0.2) is 5.58 Å². The Morgan fingerprint density at radius 3 is 3.00 bits per heavy atom. The number of rotatable bonds is 1. The van der Waals surface area contributed by atoms with Gasteiger partial charge in [-0.1, -0.05) is 12.1 Å². The Morgan fingerprint density at radius 1 is 1.35 bits per heavy atom. The van der Waals surface area contributed by atoms with E-state index in [-0.39, 0.29) is 0 Å². The highest BCUT2D eigenvalue weighted by molar-refractivity contribution is 5.76. The summed E-state index contributed by atoms with van der Waals surface area (Å²) in [5.41, 5.74) is 4.29. The van der Waals surface area contributed by atoms with Crippen molar-refractivity contribution in [2.24, 2.45) is 0 Å². The average Bonchev–Trinajstić information content (AvgIpc) is 2.72. The first-order valence-corrected chi connectivity index (χ1v) is 5.97. The zero-order valence-corrected chi connectivity index (χ0v) is 10.2. The van der Waals surface area contributed by atoms with Crippen LogP contribution >= 0.6 is 0 Å². The third-order valence-electron chi connectivity index (χ3n) is 3.23. The monoisotopic (exact) mass is 228 g/mol. The lowest BCUT2D eigenvalue weighted by Crippen LogP contribution is -2.23. The molecule has 3 heteroatoms. The van der Waals surface area contributed by atoms with Gasteiger partial charge in [0.1, 0.15) is 5.52 Å². The molecule has 0 bridgehead atoms. The van der Waals surface area contributed by atoms with Crippen LogP contribution in [0.15, 0.2) is 28.7 Å². The highest BCUT2D eigenvalue weighted by Crippen LogP contribution is 2.25. The molecule has 1 aliphatic rings. The zero-order chi connectivity index (χ0) is 11.8. The number of aromatic nitrogens is 1. The van der Waals surface area contributed by atoms with E-state index in [0.717, 1.165) is 36.5 Å². The maximum atomic E-state index is 5.80. The van der Waals surface area contributed by atoms with Crippen molar-refractivity contribution in [1.82, 2.24) is 9.88 Å². The van der Waals surface area contributed by atoms with Gasteiger partial charge in [0.25, 0.3) is 0 Å². The van der Waals surface area contributed by atoms with Crippen LogP contribution in [0.25, 0.3) is 16.7 Å². The molecule has 1 aromatic carbocycles. The van der Waals surface area contributed by atoms with Crippen molar-refractivity contribution in [2.45, 2.75) is 13.3 Å². The first-order chi connectivity index (χ1) is 8.22. The van der Waals surface area contributed by atoms with E-state index in [0.29, 0.717) is 0 Å². The van der Waals surface area contributed by atoms with Crippen LogP contribution in [0.4, 0.5) is 0 Å². The Labute approximate surface area is 101 Å². The molecule has 88 valence electrons. The fourth-order valence-corrected chi connectivity index (χ4v) is 2.14. The molecule has 0 radical (unpaired) electrons. The van der Waals surface area contributed by atoms with Crippen molar-refractivity contribution in [3.05, 3.63) is 35.7 Å². The largest absolute Gasteiger partial charge is 0.436 e. The fraction of sp³-hybridized carbons (Fsp3) is 0.357. The molecule has 17 heavy (non-hydrogen) atoms. The van der Waals surface area contributed by atoms with Gasteiger partial charge in [-0.05, 0) is 38.1 Å². The number of hydrogen-bond acceptors (Lipinski definition) is 3. The third-order valence-corrected chi connectivity index (χ3v) is 3.23. The first-order valence-electron chi connectivity index (χ1n) is 5.97. The highest BCUT2D eigenvalue weighted by Gasteiger charge is 2.14. The van der Waals surface area contributed by atoms with Gasteiger partial charge >= 0.3 is 0 Å². The predicted molar refractivity (Wildman–Crippen MR) is 68.8 cm³/mol. The summed E-state index contributed by atoms with van der Waals surface area (Å²) in [4.78, 5) is 6.86. The zero-order valence-electron chi connectivity index (χ0n) is 10.2. The number of nitrogens with zero attached hydrogens (tertiary/aromatic N) is 2. The molecule has 0 aliphatic carbocycles. The molecule has 0 N–H and O–H groups in total. The second-order valence-corrected chi connectivity index (χ2v) is 4.73. The number of hydrogen-bond donors (Lipinski definition) is 0. The van der Waals surface area contributed by atoms with Crippen molar-refractivity contribution in [3.8, 4) is 0 Å². The van der Waals surface area contributed by atoms with Gasteiger partial charge < -0.3 is 9.32 Å². The van der Waals surface area contributed by atoms with Crippen LogP contribution < -0.4 is 0 Å². The van der Waals surface area contributed by atoms with Crippen molar-refractivity contribution < 1.29 is 4.42 Å². The number of oxazole rings is 1. The minimum Gasteiger partial charge on any atom is -0.436 e. The average molecular weight is 228 g/mol. The quantitative estimate of drug-likeness (QED) is 0.751. The normalized spacial score (nSPS) is 17.4. The smallest absolute Gasteiger partial charge is 0.222 e. The van der Waals surface area contributed by atoms with Crippen LogP contribution in [-0.4, -0.2) is 30.0 Å². The van der Waals surface area contributed by atoms with Crippen LogP contribution in [0.1, 0.15) is 17.9 Å². The molecule has 1 aliphatic heterocycles. The molecule has 0 unspecified atom stereocenters. The van der Waals surface area contributed by atoms with Crippen molar-refractivity contribution in [2.75, 3.05) is 20.1 Å². The van der Waals surface area contributed by atoms with E-state index in [1.165, 1.54) is 11.1 Å². The summed E-state index contributed by atoms with van der Waals surface area (Å²) in [6.07, 6.45) is 3.23. The molecule has 0 saturated carbocycles. The Hall–Kier alpha value is -1.61. The van der Waals surface area contributed by atoms with Crippen LogP contribution in [0, 0.1) is 6.92 Å². The maximum Gasteiger partial charge on any atom is 0.222 e. The van der Waals surface area contributed by atoms with Gasteiger partial charge in [-0.15, -0.1) is 0 Å². The summed E-state index contributed by atoms with van der Waals surface area (Å²) >= 11 is 0. The summed E-state index contributed by atoms with van der Waals surface area (Å²) < 4.78 is 5.80. The van der Waals surface area contributed by atoms with Crippen LogP contribution in [0.3, 0.4) is 0 Å². The second-order valence-electron chi connectivity index (χ2n) is 4.73. The molecule has 2 aromatic rings. The summed E-state index contributed by atoms with van der Waals surface area (Å²) in [6.45, 7) is 4.12. The predicted octanol–water partition coefficient (Wildman–Crippen LogP) is 2.86. The van der Waals surface area contributed by atoms with E-state index >= 15 is 0 Å². The minimum atomic E-state index is 0.790. The van der Waals surface area contributed by atoms with Crippen molar-refractivity contribution >= 4 is 16.7 Å². The molecule has 0 saturated heterocycles. The molecule has 3 rings (SSSR count). The fourth-order valence-electron chi connectivity index (χ4n) is 2.14. The lowest BCUT2D eigenvalue weighted by atomic mass is 10.1. The topological polar surface area (TPSA) is 29.3 Å². The minimum absolute atomic E-state index is 0.790. The molecule has 1 aromatic heterocycles. The Balaban J connectivity index is 2.01. The van der Waals surface area contributed by atoms with Gasteiger partial charge in [0, 0.05) is 18.7 Å². The summed E-state index contributed by atoms with van der Waals surface area (Å²) in [6, 6.07) is 6.12. The molecular weight excluding hydrogens is 212 g/mol. The van der Waals surface area contributed by atoms with Gasteiger partial charge in [0.05, 0.1) is 0 Å². The van der Waals surface area contributed by atoms with Gasteiger partial charge in [-0.2, -0.15) is 0 Å². The lowest BCUT2D eigenvalue weighted by Gasteiger charge is -2.20. The first kappa shape index (κ1) is 10.5. The SMILES string of the molecule is Cc1ccc2oc(C3=CCN(C)CC3)nc2c1. The number of likely N-dealkylation sites (N-methyl/N-ethyl adjacent to an activating group) is 1. The molecule has 2 heterocycles. The van der Waals surface area contributed by atoms with E-state index in [2.05, 4.69) is 42.1 Å². The van der Waals surface area contributed by atoms with Crippen LogP contribution in [0.2, 0.25) is 0 Å². The van der Waals surface area contributed by atoms with Gasteiger partial charge in [0.2, 0.25) is 5.89 Å². The van der Waals surface area contributed by atoms with E-state index in [9.17, 15) is 0 Å². The number of aryl methyl sites for hydroxylation is 1. The standard InChI is InChI=1S/C14H16N2O/c1-10-3-4-13-12(9-10)15-14(17-13)11-5-7-16(2)8-6-11/h3-5,9H,6-8H2,1-2H3. The molecule has 0 fully saturated rings. The van der Waals surface area contributed by atoms with E-state index in [1.54, 1.807) is 0 Å².